The van der Waals surface area contributed by atoms with E-state index in [1.165, 1.54) is 6.08 Å². The molecule has 0 aliphatic carbocycles. The Bertz CT molecular complexity index is 715. The number of carbonyl (C=O) groups is 1. The molecule has 2 aromatic rings. The van der Waals surface area contributed by atoms with Gasteiger partial charge in [-0.3, -0.25) is 0 Å². The first-order valence-electron chi connectivity index (χ1n) is 5.74. The van der Waals surface area contributed by atoms with Crippen molar-refractivity contribution >= 4 is 58.4 Å². The van der Waals surface area contributed by atoms with E-state index in [1.807, 2.05) is 0 Å². The maximum absolute atomic E-state index is 10.5. The van der Waals surface area contributed by atoms with Gasteiger partial charge >= 0.3 is 5.97 Å². The quantitative estimate of drug-likeness (QED) is 0.674. The molecular formula is C15H8Cl4O2. The first-order chi connectivity index (χ1) is 9.88. The lowest BCUT2D eigenvalue weighted by Crippen LogP contribution is -1.87. The summed E-state index contributed by atoms with van der Waals surface area (Å²) in [6, 6.07) is 8.31. The normalized spacial score (nSPS) is 11.0. The third-order valence-corrected chi connectivity index (χ3v) is 3.84. The molecule has 2 aromatic carbocycles. The highest BCUT2D eigenvalue weighted by atomic mass is 35.5. The van der Waals surface area contributed by atoms with Crippen LogP contribution < -0.4 is 0 Å². The van der Waals surface area contributed by atoms with Crippen LogP contribution in [0, 0.1) is 0 Å². The second-order valence-electron chi connectivity index (χ2n) is 4.15. The molecule has 0 atom stereocenters. The summed E-state index contributed by atoms with van der Waals surface area (Å²) in [5.41, 5.74) is 1.93. The van der Waals surface area contributed by atoms with Crippen molar-refractivity contribution in [2.75, 3.05) is 0 Å². The van der Waals surface area contributed by atoms with Gasteiger partial charge in [-0.1, -0.05) is 58.5 Å². The lowest BCUT2D eigenvalue weighted by molar-refractivity contribution is -0.131. The maximum atomic E-state index is 10.5. The number of halogens is 4. The number of aliphatic carboxylic acids is 1. The highest BCUT2D eigenvalue weighted by Crippen LogP contribution is 2.38. The standard InChI is InChI=1S/C15H8Cl4O2/c16-10-6-12(18)15(13(19)7-10)9-2-1-8(11(17)5-9)3-4-14(20)21/h1-7H,(H,20,21)/b4-3+. The van der Waals surface area contributed by atoms with Gasteiger partial charge in [-0.15, -0.1) is 0 Å². The van der Waals surface area contributed by atoms with Gasteiger partial charge < -0.3 is 5.11 Å². The van der Waals surface area contributed by atoms with Crippen molar-refractivity contribution in [2.45, 2.75) is 0 Å². The van der Waals surface area contributed by atoms with E-state index in [0.717, 1.165) is 11.6 Å². The Morgan fingerprint density at radius 3 is 2.10 bits per heavy atom. The van der Waals surface area contributed by atoms with Crippen LogP contribution in [0.2, 0.25) is 20.1 Å². The van der Waals surface area contributed by atoms with Gasteiger partial charge in [0.2, 0.25) is 0 Å². The predicted octanol–water partition coefficient (Wildman–Crippen LogP) is 6.07. The first kappa shape index (κ1) is 16.2. The second kappa shape index (κ2) is 6.71. The lowest BCUT2D eigenvalue weighted by Gasteiger charge is -2.09. The van der Waals surface area contributed by atoms with Gasteiger partial charge in [0.25, 0.3) is 0 Å². The summed E-state index contributed by atoms with van der Waals surface area (Å²) in [6.45, 7) is 0. The highest BCUT2D eigenvalue weighted by Gasteiger charge is 2.11. The maximum Gasteiger partial charge on any atom is 0.328 e. The zero-order valence-electron chi connectivity index (χ0n) is 10.4. The Hall–Kier alpha value is -1.19. The van der Waals surface area contributed by atoms with Gasteiger partial charge in [-0.05, 0) is 35.4 Å². The minimum absolute atomic E-state index is 0.395. The van der Waals surface area contributed by atoms with E-state index in [0.29, 0.717) is 31.2 Å². The number of benzene rings is 2. The Labute approximate surface area is 141 Å². The van der Waals surface area contributed by atoms with Crippen LogP contribution in [-0.4, -0.2) is 11.1 Å². The molecule has 0 aliphatic rings. The topological polar surface area (TPSA) is 37.3 Å². The number of hydrogen-bond donors (Lipinski definition) is 1. The zero-order valence-corrected chi connectivity index (χ0v) is 13.4. The van der Waals surface area contributed by atoms with Gasteiger partial charge in [0.1, 0.15) is 0 Å². The van der Waals surface area contributed by atoms with Crippen molar-refractivity contribution in [3.63, 3.8) is 0 Å². The van der Waals surface area contributed by atoms with Crippen LogP contribution in [0.25, 0.3) is 17.2 Å². The third-order valence-electron chi connectivity index (χ3n) is 2.70. The highest BCUT2D eigenvalue weighted by molar-refractivity contribution is 6.42. The first-order valence-corrected chi connectivity index (χ1v) is 7.25. The fourth-order valence-electron chi connectivity index (χ4n) is 1.80. The van der Waals surface area contributed by atoms with E-state index in [-0.39, 0.29) is 0 Å². The van der Waals surface area contributed by atoms with E-state index in [2.05, 4.69) is 0 Å². The van der Waals surface area contributed by atoms with Crippen molar-refractivity contribution in [1.82, 2.24) is 0 Å². The molecule has 0 saturated heterocycles. The van der Waals surface area contributed by atoms with Crippen molar-refractivity contribution in [1.29, 1.82) is 0 Å². The number of carboxylic acids is 1. The lowest BCUT2D eigenvalue weighted by atomic mass is 10.0. The molecule has 0 amide bonds. The van der Waals surface area contributed by atoms with Crippen molar-refractivity contribution in [3.05, 3.63) is 62.1 Å². The van der Waals surface area contributed by atoms with Crippen molar-refractivity contribution < 1.29 is 9.90 Å². The minimum atomic E-state index is -1.04. The summed E-state index contributed by atoms with van der Waals surface area (Å²) in [7, 11) is 0. The van der Waals surface area contributed by atoms with Crippen LogP contribution in [-0.2, 0) is 4.79 Å². The summed E-state index contributed by atoms with van der Waals surface area (Å²) in [6.07, 6.45) is 2.43. The smallest absolute Gasteiger partial charge is 0.328 e. The van der Waals surface area contributed by atoms with Gasteiger partial charge in [0.05, 0.1) is 10.0 Å². The Morgan fingerprint density at radius 1 is 0.952 bits per heavy atom. The SMILES string of the molecule is O=C(O)/C=C/c1ccc(-c2c(Cl)cc(Cl)cc2Cl)cc1Cl. The summed E-state index contributed by atoms with van der Waals surface area (Å²) in [5.74, 6) is -1.04. The molecule has 0 heterocycles. The molecule has 0 saturated carbocycles. The van der Waals surface area contributed by atoms with Crippen LogP contribution in [0.5, 0.6) is 0 Å². The average Bonchev–Trinajstić information content (AvgIpc) is 2.36. The van der Waals surface area contributed by atoms with Crippen LogP contribution in [0.1, 0.15) is 5.56 Å². The van der Waals surface area contributed by atoms with Crippen LogP contribution in [0.3, 0.4) is 0 Å². The molecule has 6 heteroatoms. The number of hydrogen-bond acceptors (Lipinski definition) is 1. The summed E-state index contributed by atoms with van der Waals surface area (Å²) >= 11 is 24.3. The van der Waals surface area contributed by atoms with E-state index >= 15 is 0 Å². The fraction of sp³-hybridized carbons (Fsp3) is 0. The summed E-state index contributed by atoms with van der Waals surface area (Å²) < 4.78 is 0. The predicted molar refractivity (Wildman–Crippen MR) is 88.6 cm³/mol. The minimum Gasteiger partial charge on any atom is -0.478 e. The molecule has 108 valence electrons. The molecule has 0 spiro atoms. The van der Waals surface area contributed by atoms with Crippen LogP contribution in [0.15, 0.2) is 36.4 Å². The second-order valence-corrected chi connectivity index (χ2v) is 5.81. The molecule has 0 radical (unpaired) electrons. The van der Waals surface area contributed by atoms with Gasteiger partial charge in [-0.25, -0.2) is 4.79 Å². The van der Waals surface area contributed by atoms with Gasteiger partial charge in [-0.2, -0.15) is 0 Å². The molecule has 0 bridgehead atoms. The molecule has 2 nitrogen and oxygen atoms in total. The largest absolute Gasteiger partial charge is 0.478 e. The van der Waals surface area contributed by atoms with Gasteiger partial charge in [0, 0.05) is 21.7 Å². The van der Waals surface area contributed by atoms with Gasteiger partial charge in [0.15, 0.2) is 0 Å². The van der Waals surface area contributed by atoms with E-state index in [9.17, 15) is 4.79 Å². The van der Waals surface area contributed by atoms with E-state index < -0.39 is 5.97 Å². The number of carboxylic acid groups (broad SMARTS) is 1. The molecular weight excluding hydrogens is 354 g/mol. The molecule has 0 aromatic heterocycles. The third kappa shape index (κ3) is 3.92. The fourth-order valence-corrected chi connectivity index (χ4v) is 3.08. The monoisotopic (exact) mass is 360 g/mol. The molecule has 0 aliphatic heterocycles. The van der Waals surface area contributed by atoms with Crippen molar-refractivity contribution in [2.24, 2.45) is 0 Å². The molecule has 0 fully saturated rings. The zero-order chi connectivity index (χ0) is 15.6. The Morgan fingerprint density at radius 2 is 1.57 bits per heavy atom. The van der Waals surface area contributed by atoms with Crippen LogP contribution >= 0.6 is 46.4 Å². The van der Waals surface area contributed by atoms with E-state index in [4.69, 9.17) is 51.5 Å². The molecule has 1 N–H and O–H groups in total. The molecule has 2 rings (SSSR count). The molecule has 21 heavy (non-hydrogen) atoms. The summed E-state index contributed by atoms with van der Waals surface area (Å²) in [4.78, 5) is 10.5. The molecule has 0 unspecified atom stereocenters. The van der Waals surface area contributed by atoms with Crippen LogP contribution in [0.4, 0.5) is 0 Å². The van der Waals surface area contributed by atoms with E-state index in [1.54, 1.807) is 30.3 Å². The Kier molecular flexibility index (Phi) is 5.17. The average molecular weight is 362 g/mol. The number of rotatable bonds is 3. The van der Waals surface area contributed by atoms with Crippen molar-refractivity contribution in [3.8, 4) is 11.1 Å². The Balaban J connectivity index is 2.48. The summed E-state index contributed by atoms with van der Waals surface area (Å²) in [5, 5.41) is 10.3.